The Labute approximate surface area is 127 Å². The van der Waals surface area contributed by atoms with Gasteiger partial charge in [0.05, 0.1) is 0 Å². The van der Waals surface area contributed by atoms with Gasteiger partial charge in [0, 0.05) is 15.6 Å². The molecule has 0 saturated heterocycles. The molecule has 2 heteroatoms. The third kappa shape index (κ3) is 4.32. The second-order valence-corrected chi connectivity index (χ2v) is 7.13. The molecule has 2 aromatic rings. The molecule has 0 aliphatic rings. The smallest absolute Gasteiger partial charge is 0.0415 e. The Bertz CT molecular complexity index is 482. The van der Waals surface area contributed by atoms with Crippen molar-refractivity contribution in [3.8, 4) is 0 Å². The van der Waals surface area contributed by atoms with Crippen molar-refractivity contribution in [2.24, 2.45) is 5.92 Å². The van der Waals surface area contributed by atoms with Gasteiger partial charge in [0.2, 0.25) is 0 Å². The molecule has 110 valence electrons. The van der Waals surface area contributed by atoms with Crippen LogP contribution in [0.4, 0.5) is 0 Å². The Hall–Kier alpha value is -0.860. The average molecular weight is 289 g/mol. The summed E-state index contributed by atoms with van der Waals surface area (Å²) in [7, 11) is 0. The van der Waals surface area contributed by atoms with E-state index < -0.39 is 0 Å². The van der Waals surface area contributed by atoms with Gasteiger partial charge in [0.25, 0.3) is 0 Å². The van der Waals surface area contributed by atoms with Crippen LogP contribution in [0.2, 0.25) is 0 Å². The number of thiophene rings is 1. The molecule has 0 radical (unpaired) electrons. The van der Waals surface area contributed by atoms with E-state index in [-0.39, 0.29) is 0 Å². The summed E-state index contributed by atoms with van der Waals surface area (Å²) in [4.78, 5) is 1.50. The first-order valence-electron chi connectivity index (χ1n) is 7.92. The van der Waals surface area contributed by atoms with E-state index in [0.717, 1.165) is 12.5 Å². The van der Waals surface area contributed by atoms with Crippen LogP contribution in [0.15, 0.2) is 30.3 Å². The first-order chi connectivity index (χ1) is 9.70. The maximum atomic E-state index is 3.73. The maximum Gasteiger partial charge on any atom is 0.0415 e. The largest absolute Gasteiger partial charge is 0.309 e. The number of nitrogens with one attached hydrogen (secondary N) is 1. The van der Waals surface area contributed by atoms with Crippen LogP contribution in [-0.4, -0.2) is 6.54 Å². The first-order valence-corrected chi connectivity index (χ1v) is 8.74. The van der Waals surface area contributed by atoms with Crippen LogP contribution >= 0.6 is 11.3 Å². The maximum absolute atomic E-state index is 3.73. The van der Waals surface area contributed by atoms with Crippen molar-refractivity contribution in [1.82, 2.24) is 5.32 Å². The van der Waals surface area contributed by atoms with Crippen molar-refractivity contribution in [1.29, 1.82) is 0 Å². The third-order valence-corrected chi connectivity index (χ3v) is 4.93. The minimum Gasteiger partial charge on any atom is -0.309 e. The highest BCUT2D eigenvalue weighted by molar-refractivity contribution is 7.19. The molecule has 0 amide bonds. The van der Waals surface area contributed by atoms with E-state index in [0.29, 0.717) is 6.04 Å². The summed E-state index contributed by atoms with van der Waals surface area (Å²) in [6.45, 7) is 7.98. The van der Waals surface area contributed by atoms with Gasteiger partial charge in [-0.3, -0.25) is 0 Å². The summed E-state index contributed by atoms with van der Waals surface area (Å²) in [5.41, 5.74) is 0. The van der Waals surface area contributed by atoms with Gasteiger partial charge in [-0.15, -0.1) is 11.3 Å². The summed E-state index contributed by atoms with van der Waals surface area (Å²) < 4.78 is 1.41. The van der Waals surface area contributed by atoms with E-state index in [1.165, 1.54) is 40.6 Å². The predicted octanol–water partition coefficient (Wildman–Crippen LogP) is 5.77. The van der Waals surface area contributed by atoms with Gasteiger partial charge in [0.1, 0.15) is 0 Å². The van der Waals surface area contributed by atoms with Gasteiger partial charge < -0.3 is 5.32 Å². The van der Waals surface area contributed by atoms with E-state index in [1.54, 1.807) is 0 Å². The Kier molecular flexibility index (Phi) is 6.06. The number of hydrogen-bond acceptors (Lipinski definition) is 2. The lowest BCUT2D eigenvalue weighted by Crippen LogP contribution is -2.21. The number of benzene rings is 1. The molecule has 0 spiro atoms. The summed E-state index contributed by atoms with van der Waals surface area (Å²) in [6.07, 6.45) is 5.10. The van der Waals surface area contributed by atoms with Crippen LogP contribution in [0.5, 0.6) is 0 Å². The quantitative estimate of drug-likeness (QED) is 0.650. The lowest BCUT2D eigenvalue weighted by Gasteiger charge is -2.17. The van der Waals surface area contributed by atoms with Crippen molar-refractivity contribution in [2.75, 3.05) is 6.54 Å². The van der Waals surface area contributed by atoms with Gasteiger partial charge >= 0.3 is 0 Å². The van der Waals surface area contributed by atoms with Gasteiger partial charge in [-0.1, -0.05) is 51.8 Å². The Balaban J connectivity index is 2.07. The second-order valence-electron chi connectivity index (χ2n) is 6.02. The van der Waals surface area contributed by atoms with E-state index in [1.807, 2.05) is 11.3 Å². The topological polar surface area (TPSA) is 12.0 Å². The van der Waals surface area contributed by atoms with E-state index >= 15 is 0 Å². The minimum atomic E-state index is 0.533. The van der Waals surface area contributed by atoms with Crippen LogP contribution in [0, 0.1) is 5.92 Å². The third-order valence-electron chi connectivity index (χ3n) is 3.70. The molecule has 1 N–H and O–H groups in total. The van der Waals surface area contributed by atoms with Crippen LogP contribution in [0.1, 0.15) is 57.4 Å². The van der Waals surface area contributed by atoms with Crippen LogP contribution in [-0.2, 0) is 0 Å². The lowest BCUT2D eigenvalue weighted by molar-refractivity contribution is 0.452. The molecule has 0 aliphatic carbocycles. The molecule has 1 nitrogen and oxygen atoms in total. The van der Waals surface area contributed by atoms with Crippen LogP contribution in [0.3, 0.4) is 0 Å². The van der Waals surface area contributed by atoms with Gasteiger partial charge in [-0.05, 0) is 42.8 Å². The number of hydrogen-bond donors (Lipinski definition) is 1. The molecule has 1 unspecified atom stereocenters. The molecule has 0 bridgehead atoms. The van der Waals surface area contributed by atoms with Gasteiger partial charge in [-0.2, -0.15) is 0 Å². The summed E-state index contributed by atoms with van der Waals surface area (Å²) in [5, 5.41) is 5.12. The molecule has 2 rings (SSSR count). The Morgan fingerprint density at radius 1 is 1.15 bits per heavy atom. The number of rotatable bonds is 8. The van der Waals surface area contributed by atoms with Gasteiger partial charge in [0.15, 0.2) is 0 Å². The molecule has 20 heavy (non-hydrogen) atoms. The first kappa shape index (κ1) is 15.5. The fraction of sp³-hybridized carbons (Fsp3) is 0.556. The second kappa shape index (κ2) is 7.80. The highest BCUT2D eigenvalue weighted by atomic mass is 32.1. The molecule has 1 atom stereocenters. The van der Waals surface area contributed by atoms with Crippen molar-refractivity contribution in [3.63, 3.8) is 0 Å². The molecular formula is C18H27NS. The van der Waals surface area contributed by atoms with E-state index in [9.17, 15) is 0 Å². The fourth-order valence-corrected chi connectivity index (χ4v) is 3.74. The van der Waals surface area contributed by atoms with Gasteiger partial charge in [-0.25, -0.2) is 0 Å². The van der Waals surface area contributed by atoms with Crippen molar-refractivity contribution in [2.45, 2.75) is 52.5 Å². The van der Waals surface area contributed by atoms with Crippen LogP contribution in [0.25, 0.3) is 10.1 Å². The minimum absolute atomic E-state index is 0.533. The molecular weight excluding hydrogens is 262 g/mol. The monoisotopic (exact) mass is 289 g/mol. The Morgan fingerprint density at radius 3 is 2.65 bits per heavy atom. The molecule has 0 saturated carbocycles. The standard InChI is InChI=1S/C18H27NS/c1-4-12-19-16(10-7-8-14(2)3)18-13-15-9-5-6-11-17(15)20-18/h5-6,9,11,13-14,16,19H,4,7-8,10,12H2,1-3H3. The van der Waals surface area contributed by atoms with Crippen LogP contribution < -0.4 is 5.32 Å². The van der Waals surface area contributed by atoms with Crippen molar-refractivity contribution < 1.29 is 0 Å². The predicted molar refractivity (Wildman–Crippen MR) is 91.5 cm³/mol. The molecule has 0 aliphatic heterocycles. The number of fused-ring (bicyclic) bond motifs is 1. The summed E-state index contributed by atoms with van der Waals surface area (Å²) in [6, 6.07) is 11.6. The lowest BCUT2D eigenvalue weighted by atomic mass is 10.0. The summed E-state index contributed by atoms with van der Waals surface area (Å²) in [5.74, 6) is 0.809. The molecule has 0 fully saturated rings. The normalized spacial score (nSPS) is 13.2. The zero-order valence-corrected chi connectivity index (χ0v) is 13.8. The zero-order valence-electron chi connectivity index (χ0n) is 13.0. The van der Waals surface area contributed by atoms with Crippen molar-refractivity contribution in [3.05, 3.63) is 35.2 Å². The van der Waals surface area contributed by atoms with Crippen molar-refractivity contribution >= 4 is 21.4 Å². The molecule has 1 heterocycles. The van der Waals surface area contributed by atoms with E-state index in [2.05, 4.69) is 56.4 Å². The SMILES string of the molecule is CCCNC(CCCC(C)C)c1cc2ccccc2s1. The summed E-state index contributed by atoms with van der Waals surface area (Å²) >= 11 is 1.95. The highest BCUT2D eigenvalue weighted by Crippen LogP contribution is 2.32. The molecule has 1 aromatic carbocycles. The highest BCUT2D eigenvalue weighted by Gasteiger charge is 2.13. The average Bonchev–Trinajstić information content (AvgIpc) is 2.85. The molecule has 1 aromatic heterocycles. The Morgan fingerprint density at radius 2 is 1.95 bits per heavy atom. The fourth-order valence-electron chi connectivity index (χ4n) is 2.57. The van der Waals surface area contributed by atoms with E-state index in [4.69, 9.17) is 0 Å². The zero-order chi connectivity index (χ0) is 14.4.